The van der Waals surface area contributed by atoms with Crippen LogP contribution in [0.2, 0.25) is 0 Å². The third kappa shape index (κ3) is 3.36. The van der Waals surface area contributed by atoms with Gasteiger partial charge in [0, 0.05) is 18.1 Å². The number of amides is 1. The molecule has 1 heterocycles. The number of para-hydroxylation sites is 1. The van der Waals surface area contributed by atoms with Crippen LogP contribution in [0, 0.1) is 6.92 Å². The van der Waals surface area contributed by atoms with Crippen molar-refractivity contribution in [3.63, 3.8) is 0 Å². The Hall–Kier alpha value is -1.76. The van der Waals surface area contributed by atoms with Crippen LogP contribution in [0.25, 0.3) is 10.2 Å². The molecular weight excluding hydrogens is 388 g/mol. The summed E-state index contributed by atoms with van der Waals surface area (Å²) in [6, 6.07) is 13.5. The Morgan fingerprint density at radius 1 is 1.25 bits per heavy atom. The summed E-state index contributed by atoms with van der Waals surface area (Å²) in [4.78, 5) is 17.7. The Balaban J connectivity index is 2.16. The molecule has 0 fully saturated rings. The second-order valence-corrected chi connectivity index (χ2v) is 7.21. The summed E-state index contributed by atoms with van der Waals surface area (Å²) in [6.45, 7) is 3.29. The van der Waals surface area contributed by atoms with Gasteiger partial charge < -0.3 is 9.30 Å². The minimum absolute atomic E-state index is 0.252. The molecule has 24 heavy (non-hydrogen) atoms. The zero-order chi connectivity index (χ0) is 17.1. The summed E-state index contributed by atoms with van der Waals surface area (Å²) in [5.41, 5.74) is 2.83. The van der Waals surface area contributed by atoms with Crippen molar-refractivity contribution in [1.29, 1.82) is 0 Å². The van der Waals surface area contributed by atoms with Crippen LogP contribution in [-0.2, 0) is 11.3 Å². The molecule has 0 bridgehead atoms. The van der Waals surface area contributed by atoms with Crippen molar-refractivity contribution in [3.8, 4) is 0 Å². The van der Waals surface area contributed by atoms with E-state index >= 15 is 0 Å². The number of halogens is 1. The van der Waals surface area contributed by atoms with Gasteiger partial charge in [-0.05, 0) is 46.6 Å². The second kappa shape index (κ2) is 7.42. The van der Waals surface area contributed by atoms with Crippen molar-refractivity contribution in [1.82, 2.24) is 4.57 Å². The molecule has 0 saturated heterocycles. The third-order valence-electron chi connectivity index (χ3n) is 3.72. The number of aromatic nitrogens is 1. The third-order valence-corrected chi connectivity index (χ3v) is 5.46. The molecule has 0 N–H and O–H groups in total. The maximum atomic E-state index is 12.6. The maximum Gasteiger partial charge on any atom is 0.280 e. The van der Waals surface area contributed by atoms with Gasteiger partial charge in [-0.25, -0.2) is 0 Å². The number of carbonyl (C=O) groups is 1. The van der Waals surface area contributed by atoms with Crippen LogP contribution in [0.4, 0.5) is 0 Å². The number of aryl methyl sites for hydroxylation is 1. The van der Waals surface area contributed by atoms with E-state index in [9.17, 15) is 4.79 Å². The standard InChI is InChI=1S/C18H17BrN2O2S/c1-12-6-5-9-15-16(12)21(10-11-23-2)18(24-15)20-17(22)13-7-3-4-8-14(13)19/h3-9H,10-11H2,1-2H3. The summed E-state index contributed by atoms with van der Waals surface area (Å²) in [5, 5.41) is 0. The van der Waals surface area contributed by atoms with Crippen molar-refractivity contribution in [2.45, 2.75) is 13.5 Å². The highest BCUT2D eigenvalue weighted by Gasteiger charge is 2.12. The molecule has 124 valence electrons. The molecule has 6 heteroatoms. The van der Waals surface area contributed by atoms with Crippen LogP contribution < -0.4 is 4.80 Å². The van der Waals surface area contributed by atoms with Crippen molar-refractivity contribution < 1.29 is 9.53 Å². The Kier molecular flexibility index (Phi) is 5.28. The number of methoxy groups -OCH3 is 1. The summed E-state index contributed by atoms with van der Waals surface area (Å²) in [5.74, 6) is -0.252. The summed E-state index contributed by atoms with van der Waals surface area (Å²) < 4.78 is 9.15. The van der Waals surface area contributed by atoms with Gasteiger partial charge in [-0.1, -0.05) is 35.6 Å². The summed E-state index contributed by atoms with van der Waals surface area (Å²) in [6.07, 6.45) is 0. The minimum atomic E-state index is -0.252. The second-order valence-electron chi connectivity index (χ2n) is 5.35. The number of ether oxygens (including phenoxy) is 1. The largest absolute Gasteiger partial charge is 0.383 e. The Morgan fingerprint density at radius 3 is 2.79 bits per heavy atom. The average Bonchev–Trinajstić information content (AvgIpc) is 2.91. The molecule has 0 aliphatic heterocycles. The van der Waals surface area contributed by atoms with E-state index in [4.69, 9.17) is 4.74 Å². The van der Waals surface area contributed by atoms with Crippen LogP contribution in [0.3, 0.4) is 0 Å². The lowest BCUT2D eigenvalue weighted by molar-refractivity contribution is 0.0996. The number of rotatable bonds is 4. The van der Waals surface area contributed by atoms with E-state index in [2.05, 4.69) is 44.5 Å². The molecule has 1 aromatic heterocycles. The van der Waals surface area contributed by atoms with Gasteiger partial charge in [0.1, 0.15) is 0 Å². The first-order valence-electron chi connectivity index (χ1n) is 7.53. The highest BCUT2D eigenvalue weighted by molar-refractivity contribution is 9.10. The maximum absolute atomic E-state index is 12.6. The van der Waals surface area contributed by atoms with E-state index in [1.54, 1.807) is 13.2 Å². The Morgan fingerprint density at radius 2 is 2.04 bits per heavy atom. The SMILES string of the molecule is COCCn1c(=NC(=O)c2ccccc2Br)sc2cccc(C)c21. The molecule has 0 unspecified atom stereocenters. The highest BCUT2D eigenvalue weighted by atomic mass is 79.9. The van der Waals surface area contributed by atoms with Gasteiger partial charge >= 0.3 is 0 Å². The predicted molar refractivity (Wildman–Crippen MR) is 100 cm³/mol. The van der Waals surface area contributed by atoms with Crippen molar-refractivity contribution in [2.75, 3.05) is 13.7 Å². The van der Waals surface area contributed by atoms with Gasteiger partial charge in [-0.15, -0.1) is 0 Å². The smallest absolute Gasteiger partial charge is 0.280 e. The topological polar surface area (TPSA) is 43.6 Å². The van der Waals surface area contributed by atoms with Gasteiger partial charge in [-0.3, -0.25) is 4.79 Å². The summed E-state index contributed by atoms with van der Waals surface area (Å²) >= 11 is 4.93. The van der Waals surface area contributed by atoms with Crippen LogP contribution >= 0.6 is 27.3 Å². The molecule has 4 nitrogen and oxygen atoms in total. The van der Waals surface area contributed by atoms with Gasteiger partial charge in [0.25, 0.3) is 5.91 Å². The van der Waals surface area contributed by atoms with Gasteiger partial charge in [-0.2, -0.15) is 4.99 Å². The van der Waals surface area contributed by atoms with Crippen LogP contribution in [0.15, 0.2) is 51.9 Å². The zero-order valence-corrected chi connectivity index (χ0v) is 15.9. The fraction of sp³-hybridized carbons (Fsp3) is 0.222. The van der Waals surface area contributed by atoms with E-state index in [-0.39, 0.29) is 5.91 Å². The van der Waals surface area contributed by atoms with Crippen molar-refractivity contribution in [3.05, 3.63) is 62.9 Å². The zero-order valence-electron chi connectivity index (χ0n) is 13.5. The van der Waals surface area contributed by atoms with Crippen molar-refractivity contribution in [2.24, 2.45) is 4.99 Å². The number of hydrogen-bond acceptors (Lipinski definition) is 3. The van der Waals surface area contributed by atoms with Crippen LogP contribution in [0.5, 0.6) is 0 Å². The van der Waals surface area contributed by atoms with E-state index < -0.39 is 0 Å². The lowest BCUT2D eigenvalue weighted by Gasteiger charge is -2.06. The fourth-order valence-corrected chi connectivity index (χ4v) is 4.15. The summed E-state index contributed by atoms with van der Waals surface area (Å²) in [7, 11) is 1.67. The lowest BCUT2D eigenvalue weighted by atomic mass is 10.2. The van der Waals surface area contributed by atoms with E-state index in [1.807, 2.05) is 24.3 Å². The first-order chi connectivity index (χ1) is 11.6. The first kappa shape index (κ1) is 17.1. The molecule has 0 atom stereocenters. The molecule has 0 spiro atoms. The number of fused-ring (bicyclic) bond motifs is 1. The lowest BCUT2D eigenvalue weighted by Crippen LogP contribution is -2.19. The molecule has 0 radical (unpaired) electrons. The first-order valence-corrected chi connectivity index (χ1v) is 9.14. The molecular formula is C18H17BrN2O2S. The Labute approximate surface area is 152 Å². The van der Waals surface area contributed by atoms with E-state index in [0.29, 0.717) is 23.5 Å². The molecule has 0 saturated carbocycles. The molecule has 0 aliphatic carbocycles. The van der Waals surface area contributed by atoms with Crippen molar-refractivity contribution >= 4 is 43.4 Å². The van der Waals surface area contributed by atoms with E-state index in [0.717, 1.165) is 20.3 Å². The monoisotopic (exact) mass is 404 g/mol. The highest BCUT2D eigenvalue weighted by Crippen LogP contribution is 2.21. The number of carbonyl (C=O) groups excluding carboxylic acids is 1. The molecule has 3 aromatic rings. The fourth-order valence-electron chi connectivity index (χ4n) is 2.56. The van der Waals surface area contributed by atoms with Crippen LogP contribution in [-0.4, -0.2) is 24.2 Å². The molecule has 0 aliphatic rings. The van der Waals surface area contributed by atoms with Gasteiger partial charge in [0.2, 0.25) is 0 Å². The average molecular weight is 405 g/mol. The Bertz CT molecular complexity index is 959. The predicted octanol–water partition coefficient (Wildman–Crippen LogP) is 4.16. The number of nitrogens with zero attached hydrogens (tertiary/aromatic N) is 2. The molecule has 1 amide bonds. The number of thiazole rings is 1. The van der Waals surface area contributed by atoms with Crippen LogP contribution in [0.1, 0.15) is 15.9 Å². The van der Waals surface area contributed by atoms with Gasteiger partial charge in [0.15, 0.2) is 4.80 Å². The number of benzene rings is 2. The van der Waals surface area contributed by atoms with Gasteiger partial charge in [0.05, 0.1) is 22.4 Å². The molecule has 2 aromatic carbocycles. The minimum Gasteiger partial charge on any atom is -0.383 e. The quantitative estimate of drug-likeness (QED) is 0.654. The molecule has 3 rings (SSSR count). The van der Waals surface area contributed by atoms with E-state index in [1.165, 1.54) is 11.3 Å². The number of hydrogen-bond donors (Lipinski definition) is 0. The normalized spacial score (nSPS) is 12.0.